The molecule has 2 saturated carbocycles. The quantitative estimate of drug-likeness (QED) is 0.120. The van der Waals surface area contributed by atoms with Crippen molar-refractivity contribution in [1.82, 2.24) is 9.88 Å². The maximum absolute atomic E-state index is 12.9. The highest BCUT2D eigenvalue weighted by Gasteiger charge is 2.48. The van der Waals surface area contributed by atoms with Crippen molar-refractivity contribution in [2.24, 2.45) is 0 Å². The molecule has 2 aliphatic carbocycles. The summed E-state index contributed by atoms with van der Waals surface area (Å²) in [6.07, 6.45) is 3.01. The average molecular weight is 697 g/mol. The van der Waals surface area contributed by atoms with Crippen LogP contribution in [0.5, 0.6) is 5.75 Å². The van der Waals surface area contributed by atoms with Crippen molar-refractivity contribution in [1.29, 1.82) is 0 Å². The van der Waals surface area contributed by atoms with Gasteiger partial charge in [0.15, 0.2) is 0 Å². The van der Waals surface area contributed by atoms with Gasteiger partial charge >= 0.3 is 0 Å². The zero-order chi connectivity index (χ0) is 35.1. The van der Waals surface area contributed by atoms with Crippen molar-refractivity contribution < 1.29 is 39.8 Å². The first-order chi connectivity index (χ1) is 23.6. The number of aromatic nitrogens is 1. The van der Waals surface area contributed by atoms with Crippen LogP contribution in [0.4, 0.5) is 0 Å². The molecule has 49 heavy (non-hydrogen) atoms. The molecule has 5 N–H and O–H groups in total. The van der Waals surface area contributed by atoms with E-state index in [1.165, 1.54) is 4.90 Å². The third-order valence-corrected chi connectivity index (χ3v) is 10.0. The fourth-order valence-corrected chi connectivity index (χ4v) is 6.34. The van der Waals surface area contributed by atoms with Gasteiger partial charge in [-0.05, 0) is 86.3 Å². The number of nitrogens with zero attached hydrogens (tertiary/aromatic N) is 2. The van der Waals surface area contributed by atoms with E-state index in [4.69, 9.17) is 26.2 Å². The molecule has 2 aromatic carbocycles. The lowest BCUT2D eigenvalue weighted by Crippen LogP contribution is -2.50. The van der Waals surface area contributed by atoms with Gasteiger partial charge in [0.05, 0.1) is 24.9 Å². The Morgan fingerprint density at radius 2 is 1.78 bits per heavy atom. The van der Waals surface area contributed by atoms with E-state index in [1.807, 2.05) is 48.8 Å². The van der Waals surface area contributed by atoms with E-state index in [-0.39, 0.29) is 30.9 Å². The van der Waals surface area contributed by atoms with Crippen LogP contribution in [0.15, 0.2) is 60.9 Å². The number of amides is 1. The lowest BCUT2D eigenvalue weighted by Gasteiger charge is -2.30. The smallest absolute Gasteiger partial charge is 0.222 e. The third-order valence-electron chi connectivity index (χ3n) is 9.65. The van der Waals surface area contributed by atoms with Gasteiger partial charge in [0.25, 0.3) is 0 Å². The van der Waals surface area contributed by atoms with Crippen LogP contribution < -0.4 is 4.74 Å². The zero-order valence-electron chi connectivity index (χ0n) is 28.2. The van der Waals surface area contributed by atoms with Crippen LogP contribution in [0.2, 0.25) is 5.02 Å². The second-order valence-electron chi connectivity index (χ2n) is 13.4. The number of aliphatic hydroxyl groups is 5. The van der Waals surface area contributed by atoms with E-state index in [1.54, 1.807) is 6.92 Å². The van der Waals surface area contributed by atoms with Crippen molar-refractivity contribution in [3.63, 3.8) is 0 Å². The summed E-state index contributed by atoms with van der Waals surface area (Å²) >= 11 is 6.66. The lowest BCUT2D eigenvalue weighted by molar-refractivity contribution is -0.139. The topological polar surface area (TPSA) is 153 Å². The van der Waals surface area contributed by atoms with Gasteiger partial charge in [0.2, 0.25) is 5.91 Å². The Hall–Kier alpha value is -3.09. The molecule has 3 aromatic rings. The summed E-state index contributed by atoms with van der Waals surface area (Å²) in [4.78, 5) is 18.8. The average Bonchev–Trinajstić information content (AvgIpc) is 4.07. The number of carbonyl (C=O) groups excluding carboxylic acids is 1. The van der Waals surface area contributed by atoms with Crippen molar-refractivity contribution in [2.45, 2.75) is 107 Å². The van der Waals surface area contributed by atoms with Gasteiger partial charge in [0, 0.05) is 48.1 Å². The Morgan fingerprint density at radius 1 is 1.04 bits per heavy atom. The fraction of sp³-hybridized carbons (Fsp3) is 0.526. The Morgan fingerprint density at radius 3 is 2.47 bits per heavy atom. The van der Waals surface area contributed by atoms with Gasteiger partial charge in [-0.15, -0.1) is 0 Å². The molecule has 2 fully saturated rings. The second kappa shape index (κ2) is 16.7. The standard InChI is InChI=1S/C38H49ClN2O8/c1-3-41(21-32(43)36(46)37(47)33(44)22-42)35(45)10-6-7-24(2)25-11-14-31(39)26(19-25)23-48-38(16-17-38)30-20-40-18-15-28(30)29-8-4-5-9-34(29)49-27-12-13-27/h4-5,8-9,11,14-15,18-20,24,27,32-33,36-37,42-44,46-47H,3,6-7,10,12-13,16-17,21-23H2,1-2H3. The van der Waals surface area contributed by atoms with Crippen LogP contribution in [0.25, 0.3) is 11.1 Å². The van der Waals surface area contributed by atoms with Crippen LogP contribution >= 0.6 is 11.6 Å². The number of halogens is 1. The number of hydrogen-bond donors (Lipinski definition) is 5. The van der Waals surface area contributed by atoms with Gasteiger partial charge in [0.1, 0.15) is 30.2 Å². The number of aliphatic hydroxyl groups excluding tert-OH is 5. The summed E-state index contributed by atoms with van der Waals surface area (Å²) in [6.45, 7) is 3.55. The molecule has 2 aliphatic rings. The number of likely N-dealkylation sites (N-methyl/N-ethyl adjacent to an activating group) is 1. The van der Waals surface area contributed by atoms with Crippen LogP contribution in [0, 0.1) is 0 Å². The number of hydrogen-bond acceptors (Lipinski definition) is 9. The van der Waals surface area contributed by atoms with E-state index in [9.17, 15) is 25.2 Å². The lowest BCUT2D eigenvalue weighted by atomic mass is 9.94. The molecule has 1 aromatic heterocycles. The highest BCUT2D eigenvalue weighted by atomic mass is 35.5. The molecule has 0 aliphatic heterocycles. The van der Waals surface area contributed by atoms with Gasteiger partial charge in [-0.25, -0.2) is 0 Å². The minimum Gasteiger partial charge on any atom is -0.490 e. The maximum atomic E-state index is 12.9. The molecule has 266 valence electrons. The summed E-state index contributed by atoms with van der Waals surface area (Å²) in [7, 11) is 0. The minimum atomic E-state index is -1.74. The molecule has 0 radical (unpaired) electrons. The Labute approximate surface area is 293 Å². The van der Waals surface area contributed by atoms with Gasteiger partial charge in [-0.1, -0.05) is 48.9 Å². The predicted molar refractivity (Wildman–Crippen MR) is 186 cm³/mol. The number of benzene rings is 2. The second-order valence-corrected chi connectivity index (χ2v) is 13.8. The van der Waals surface area contributed by atoms with Crippen molar-refractivity contribution in [3.8, 4) is 16.9 Å². The third kappa shape index (κ3) is 9.38. The first-order valence-corrected chi connectivity index (χ1v) is 17.7. The normalized spacial score (nSPS) is 18.3. The number of pyridine rings is 1. The molecule has 5 atom stereocenters. The van der Waals surface area contributed by atoms with E-state index in [0.29, 0.717) is 24.6 Å². The first kappa shape index (κ1) is 37.2. The molecule has 0 saturated heterocycles. The maximum Gasteiger partial charge on any atom is 0.222 e. The van der Waals surface area contributed by atoms with E-state index in [2.05, 4.69) is 24.0 Å². The van der Waals surface area contributed by atoms with Gasteiger partial charge in [-0.3, -0.25) is 9.78 Å². The highest BCUT2D eigenvalue weighted by molar-refractivity contribution is 6.31. The summed E-state index contributed by atoms with van der Waals surface area (Å²) in [5, 5.41) is 49.6. The largest absolute Gasteiger partial charge is 0.490 e. The Kier molecular flexibility index (Phi) is 12.7. The molecular weight excluding hydrogens is 648 g/mol. The minimum absolute atomic E-state index is 0.143. The number of carbonyl (C=O) groups is 1. The molecule has 1 amide bonds. The summed E-state index contributed by atoms with van der Waals surface area (Å²) < 4.78 is 12.9. The van der Waals surface area contributed by atoms with Gasteiger partial charge < -0.3 is 39.9 Å². The first-order valence-electron chi connectivity index (χ1n) is 17.3. The van der Waals surface area contributed by atoms with Crippen molar-refractivity contribution >= 4 is 17.5 Å². The summed E-state index contributed by atoms with van der Waals surface area (Å²) in [5.41, 5.74) is 4.70. The Balaban J connectivity index is 1.17. The van der Waals surface area contributed by atoms with Crippen LogP contribution in [-0.4, -0.2) is 91.5 Å². The van der Waals surface area contributed by atoms with Crippen LogP contribution in [0.1, 0.15) is 81.4 Å². The Bertz CT molecular complexity index is 1550. The molecule has 5 unspecified atom stereocenters. The van der Waals surface area contributed by atoms with E-state index >= 15 is 0 Å². The SMILES string of the molecule is CCN(CC(O)C(O)C(O)C(O)CO)C(=O)CCCC(C)c1ccc(Cl)c(COC2(c3cnccc3-c3ccccc3OC3CC3)CC2)c1. The molecule has 11 heteroatoms. The molecule has 10 nitrogen and oxygen atoms in total. The van der Waals surface area contributed by atoms with E-state index in [0.717, 1.165) is 65.7 Å². The molecule has 0 bridgehead atoms. The van der Waals surface area contributed by atoms with E-state index < -0.39 is 36.6 Å². The summed E-state index contributed by atoms with van der Waals surface area (Å²) in [5.74, 6) is 0.840. The highest BCUT2D eigenvalue weighted by Crippen LogP contribution is 2.53. The van der Waals surface area contributed by atoms with Crippen LogP contribution in [-0.2, 0) is 21.7 Å². The zero-order valence-corrected chi connectivity index (χ0v) is 29.0. The molecule has 5 rings (SSSR count). The fourth-order valence-electron chi connectivity index (χ4n) is 6.17. The summed E-state index contributed by atoms with van der Waals surface area (Å²) in [6, 6.07) is 16.2. The number of para-hydroxylation sites is 1. The molecule has 0 spiro atoms. The van der Waals surface area contributed by atoms with Crippen molar-refractivity contribution in [2.75, 3.05) is 19.7 Å². The van der Waals surface area contributed by atoms with Crippen molar-refractivity contribution in [3.05, 3.63) is 82.6 Å². The van der Waals surface area contributed by atoms with Gasteiger partial charge in [-0.2, -0.15) is 0 Å². The monoisotopic (exact) mass is 696 g/mol. The molecule has 1 heterocycles. The predicted octanol–water partition coefficient (Wildman–Crippen LogP) is 4.71. The molecular formula is C38H49ClN2O8. The number of ether oxygens (including phenoxy) is 2. The number of rotatable bonds is 19. The van der Waals surface area contributed by atoms with Crippen LogP contribution in [0.3, 0.4) is 0 Å².